The number of nitrogens with zero attached hydrogens (tertiary/aromatic N) is 1. The lowest BCUT2D eigenvalue weighted by Crippen LogP contribution is -2.41. The zero-order valence-corrected chi connectivity index (χ0v) is 19.5. The molecule has 0 radical (unpaired) electrons. The molecule has 0 atom stereocenters. The van der Waals surface area contributed by atoms with Crippen LogP contribution >= 0.6 is 23.2 Å². The molecule has 0 amide bonds. The van der Waals surface area contributed by atoms with Crippen molar-refractivity contribution in [2.75, 3.05) is 7.11 Å². The summed E-state index contributed by atoms with van der Waals surface area (Å²) in [6.45, 7) is 10.1. The van der Waals surface area contributed by atoms with Crippen LogP contribution in [0.2, 0.25) is 10.0 Å². The first-order valence-corrected chi connectivity index (χ1v) is 10.6. The molecule has 156 valence electrons. The number of hydrogen-bond acceptors (Lipinski definition) is 4. The lowest BCUT2D eigenvalue weighted by atomic mass is 9.78. The van der Waals surface area contributed by atoms with Crippen molar-refractivity contribution in [3.8, 4) is 16.9 Å². The van der Waals surface area contributed by atoms with E-state index in [9.17, 15) is 0 Å². The predicted octanol–water partition coefficient (Wildman–Crippen LogP) is 5.82. The van der Waals surface area contributed by atoms with Crippen molar-refractivity contribution < 1.29 is 14.0 Å². The third-order valence-corrected chi connectivity index (χ3v) is 6.77. The van der Waals surface area contributed by atoms with Crippen molar-refractivity contribution in [2.24, 2.45) is 0 Å². The molecule has 2 aromatic carbocycles. The second-order valence-corrected chi connectivity index (χ2v) is 9.38. The van der Waals surface area contributed by atoms with Gasteiger partial charge in [-0.2, -0.15) is 0 Å². The van der Waals surface area contributed by atoms with Crippen molar-refractivity contribution in [3.63, 3.8) is 0 Å². The first-order chi connectivity index (χ1) is 14.0. The molecular weight excluding hydrogens is 420 g/mol. The van der Waals surface area contributed by atoms with Gasteiger partial charge in [0.1, 0.15) is 5.75 Å². The smallest absolute Gasteiger partial charge is 0.494 e. The van der Waals surface area contributed by atoms with E-state index < -0.39 is 7.12 Å². The van der Waals surface area contributed by atoms with Gasteiger partial charge in [-0.1, -0.05) is 47.5 Å². The summed E-state index contributed by atoms with van der Waals surface area (Å²) in [5.74, 6) is 0.648. The maximum atomic E-state index is 6.81. The van der Waals surface area contributed by atoms with Gasteiger partial charge in [0.15, 0.2) is 0 Å². The fourth-order valence-electron chi connectivity index (χ4n) is 3.63. The summed E-state index contributed by atoms with van der Waals surface area (Å²) in [5.41, 5.74) is 3.55. The Bertz CT molecular complexity index is 1110. The number of benzene rings is 2. The fraction of sp³-hybridized carbons (Fsp3) is 0.348. The maximum absolute atomic E-state index is 6.81. The van der Waals surface area contributed by atoms with Crippen molar-refractivity contribution in [1.82, 2.24) is 4.98 Å². The van der Waals surface area contributed by atoms with Gasteiger partial charge in [0.05, 0.1) is 33.9 Å². The zero-order chi connectivity index (χ0) is 21.8. The monoisotopic (exact) mass is 443 g/mol. The van der Waals surface area contributed by atoms with Gasteiger partial charge in [0.25, 0.3) is 0 Å². The van der Waals surface area contributed by atoms with E-state index in [2.05, 4.69) is 0 Å². The van der Waals surface area contributed by atoms with Gasteiger partial charge in [-0.25, -0.2) is 0 Å². The number of fused-ring (bicyclic) bond motifs is 1. The molecule has 1 aliphatic heterocycles. The minimum absolute atomic E-state index is 0.379. The van der Waals surface area contributed by atoms with Crippen LogP contribution < -0.4 is 10.2 Å². The van der Waals surface area contributed by atoms with Crippen LogP contribution in [0.1, 0.15) is 33.4 Å². The summed E-state index contributed by atoms with van der Waals surface area (Å²) in [7, 11) is 1.19. The molecule has 0 bridgehead atoms. The van der Waals surface area contributed by atoms with Crippen LogP contribution in [0.15, 0.2) is 36.4 Å². The molecule has 30 heavy (non-hydrogen) atoms. The highest BCUT2D eigenvalue weighted by molar-refractivity contribution is 6.62. The van der Waals surface area contributed by atoms with Crippen LogP contribution in [-0.4, -0.2) is 30.4 Å². The summed E-state index contributed by atoms with van der Waals surface area (Å²) in [6, 6.07) is 11.6. The molecule has 3 aromatic rings. The highest BCUT2D eigenvalue weighted by atomic mass is 35.5. The Kier molecular flexibility index (Phi) is 5.30. The molecule has 4 nitrogen and oxygen atoms in total. The summed E-state index contributed by atoms with van der Waals surface area (Å²) < 4.78 is 17.6. The summed E-state index contributed by atoms with van der Waals surface area (Å²) in [5, 5.41) is 1.81. The van der Waals surface area contributed by atoms with Crippen LogP contribution in [0.5, 0.6) is 5.75 Å². The van der Waals surface area contributed by atoms with Crippen molar-refractivity contribution in [1.29, 1.82) is 0 Å². The normalized spacial score (nSPS) is 17.5. The Morgan fingerprint density at radius 1 is 0.967 bits per heavy atom. The molecule has 4 rings (SSSR count). The van der Waals surface area contributed by atoms with Crippen LogP contribution in [0, 0.1) is 6.92 Å². The molecule has 0 unspecified atom stereocenters. The molecule has 1 saturated heterocycles. The Labute approximate surface area is 187 Å². The largest absolute Gasteiger partial charge is 0.497 e. The third-order valence-electron chi connectivity index (χ3n) is 6.09. The number of ether oxygens (including phenoxy) is 1. The molecule has 0 N–H and O–H groups in total. The molecule has 1 fully saturated rings. The van der Waals surface area contributed by atoms with Crippen molar-refractivity contribution in [3.05, 3.63) is 52.1 Å². The lowest BCUT2D eigenvalue weighted by molar-refractivity contribution is 0.00578. The Morgan fingerprint density at radius 3 is 2.13 bits per heavy atom. The van der Waals surface area contributed by atoms with Crippen LogP contribution in [0.25, 0.3) is 22.0 Å². The van der Waals surface area contributed by atoms with Gasteiger partial charge in [-0.05, 0) is 51.7 Å². The minimum atomic E-state index is -0.405. The average Bonchev–Trinajstić information content (AvgIpc) is 2.88. The van der Waals surface area contributed by atoms with E-state index in [4.69, 9.17) is 42.2 Å². The van der Waals surface area contributed by atoms with E-state index in [0.717, 1.165) is 27.7 Å². The quantitative estimate of drug-likeness (QED) is 0.477. The van der Waals surface area contributed by atoms with E-state index in [1.807, 2.05) is 65.0 Å². The van der Waals surface area contributed by atoms with Crippen LogP contribution in [0.4, 0.5) is 0 Å². The van der Waals surface area contributed by atoms with E-state index >= 15 is 0 Å². The number of halogens is 2. The molecule has 0 spiro atoms. The van der Waals surface area contributed by atoms with Gasteiger partial charge in [-0.15, -0.1) is 0 Å². The third kappa shape index (κ3) is 3.48. The fourth-order valence-corrected chi connectivity index (χ4v) is 4.43. The molecular formula is C23H24BCl2NO3. The molecule has 1 aromatic heterocycles. The van der Waals surface area contributed by atoms with Crippen molar-refractivity contribution >= 4 is 46.7 Å². The number of aromatic nitrogens is 1. The zero-order valence-electron chi connectivity index (χ0n) is 18.0. The maximum Gasteiger partial charge on any atom is 0.494 e. The van der Waals surface area contributed by atoms with Gasteiger partial charge in [0, 0.05) is 22.7 Å². The van der Waals surface area contributed by atoms with E-state index in [1.54, 1.807) is 13.2 Å². The molecule has 2 heterocycles. The van der Waals surface area contributed by atoms with E-state index in [-0.39, 0.29) is 11.2 Å². The minimum Gasteiger partial charge on any atom is -0.497 e. The van der Waals surface area contributed by atoms with E-state index in [0.29, 0.717) is 21.3 Å². The van der Waals surface area contributed by atoms with Crippen LogP contribution in [0.3, 0.4) is 0 Å². The highest BCUT2D eigenvalue weighted by Crippen LogP contribution is 2.41. The Morgan fingerprint density at radius 2 is 1.57 bits per heavy atom. The number of hydrogen-bond donors (Lipinski definition) is 0. The van der Waals surface area contributed by atoms with Gasteiger partial charge in [-0.3, -0.25) is 4.98 Å². The summed E-state index contributed by atoms with van der Waals surface area (Å²) in [4.78, 5) is 4.72. The first-order valence-electron chi connectivity index (χ1n) is 9.83. The molecule has 0 saturated carbocycles. The second-order valence-electron chi connectivity index (χ2n) is 8.60. The molecule has 1 aliphatic rings. The van der Waals surface area contributed by atoms with Gasteiger partial charge < -0.3 is 14.0 Å². The van der Waals surface area contributed by atoms with Gasteiger partial charge in [0.2, 0.25) is 0 Å². The standard InChI is InChI=1S/C23H24BCl2NO3/c1-13-19(21(26)20-17(25)11-16(28-6)12-18(20)27-13)14-7-9-15(10-8-14)24-29-22(2,3)23(4,5)30-24/h7-12H,1-6H3. The van der Waals surface area contributed by atoms with Crippen LogP contribution in [-0.2, 0) is 9.31 Å². The van der Waals surface area contributed by atoms with Crippen molar-refractivity contribution in [2.45, 2.75) is 45.8 Å². The Hall–Kier alpha value is -1.79. The lowest BCUT2D eigenvalue weighted by Gasteiger charge is -2.32. The second kappa shape index (κ2) is 7.42. The number of pyridine rings is 1. The first kappa shape index (κ1) is 21.4. The van der Waals surface area contributed by atoms with Gasteiger partial charge >= 0.3 is 7.12 Å². The molecule has 0 aliphatic carbocycles. The molecule has 7 heteroatoms. The summed E-state index contributed by atoms with van der Waals surface area (Å²) in [6.07, 6.45) is 0. The SMILES string of the molecule is COc1cc(Cl)c2c(Cl)c(-c3ccc(B4OC(C)(C)C(C)(C)O4)cc3)c(C)nc2c1. The average molecular weight is 444 g/mol. The number of rotatable bonds is 3. The van der Waals surface area contributed by atoms with E-state index in [1.165, 1.54) is 0 Å². The topological polar surface area (TPSA) is 40.6 Å². The highest BCUT2D eigenvalue weighted by Gasteiger charge is 2.51. The number of aryl methyl sites for hydroxylation is 1. The predicted molar refractivity (Wildman–Crippen MR) is 124 cm³/mol. The number of methoxy groups -OCH3 is 1. The Balaban J connectivity index is 1.74. The summed E-state index contributed by atoms with van der Waals surface area (Å²) >= 11 is 13.3.